The van der Waals surface area contributed by atoms with Crippen molar-refractivity contribution in [3.63, 3.8) is 0 Å². The SMILES string of the molecule is Cc1cccc(OCCN2CCC[C@@H]2[C@H]2COCC[C@@]2(C)O)c1. The smallest absolute Gasteiger partial charge is 0.119 e. The molecule has 0 spiro atoms. The fourth-order valence-electron chi connectivity index (χ4n) is 3.95. The second kappa shape index (κ2) is 7.20. The van der Waals surface area contributed by atoms with Gasteiger partial charge in [-0.2, -0.15) is 0 Å². The van der Waals surface area contributed by atoms with Crippen LogP contribution in [0, 0.1) is 12.8 Å². The minimum Gasteiger partial charge on any atom is -0.492 e. The molecule has 0 amide bonds. The topological polar surface area (TPSA) is 41.9 Å². The van der Waals surface area contributed by atoms with Crippen LogP contribution in [0.3, 0.4) is 0 Å². The zero-order chi connectivity index (χ0) is 16.3. The normalized spacial score (nSPS) is 32.1. The summed E-state index contributed by atoms with van der Waals surface area (Å²) in [5.41, 5.74) is 0.611. The Bertz CT molecular complexity index is 517. The monoisotopic (exact) mass is 319 g/mol. The first-order valence-electron chi connectivity index (χ1n) is 8.80. The van der Waals surface area contributed by atoms with Gasteiger partial charge < -0.3 is 14.6 Å². The van der Waals surface area contributed by atoms with E-state index in [1.165, 1.54) is 12.0 Å². The Kier molecular flexibility index (Phi) is 5.24. The van der Waals surface area contributed by atoms with Crippen molar-refractivity contribution in [3.8, 4) is 5.75 Å². The highest BCUT2D eigenvalue weighted by atomic mass is 16.5. The molecule has 2 fully saturated rings. The molecule has 1 aromatic rings. The van der Waals surface area contributed by atoms with E-state index >= 15 is 0 Å². The van der Waals surface area contributed by atoms with E-state index in [0.29, 0.717) is 25.9 Å². The summed E-state index contributed by atoms with van der Waals surface area (Å²) < 4.78 is 11.5. The van der Waals surface area contributed by atoms with Crippen LogP contribution < -0.4 is 4.74 Å². The first-order valence-corrected chi connectivity index (χ1v) is 8.80. The minimum absolute atomic E-state index is 0.206. The van der Waals surface area contributed by atoms with Gasteiger partial charge in [0.25, 0.3) is 0 Å². The Hall–Kier alpha value is -1.10. The fourth-order valence-corrected chi connectivity index (χ4v) is 3.95. The molecule has 23 heavy (non-hydrogen) atoms. The van der Waals surface area contributed by atoms with Crippen LogP contribution in [0.25, 0.3) is 0 Å². The standard InChI is InChI=1S/C19H29NO3/c1-15-5-3-6-16(13-15)23-12-10-20-9-4-7-18(20)17-14-22-11-8-19(17,2)21/h3,5-6,13,17-18,21H,4,7-12,14H2,1-2H3/t17-,18-,19-/m1/s1. The predicted molar refractivity (Wildman–Crippen MR) is 90.8 cm³/mol. The molecule has 0 radical (unpaired) electrons. The molecular formula is C19H29NO3. The fraction of sp³-hybridized carbons (Fsp3) is 0.684. The molecule has 4 nitrogen and oxygen atoms in total. The molecule has 128 valence electrons. The molecule has 2 saturated heterocycles. The Labute approximate surface area is 139 Å². The van der Waals surface area contributed by atoms with Gasteiger partial charge in [-0.05, 0) is 57.4 Å². The van der Waals surface area contributed by atoms with Crippen molar-refractivity contribution in [2.45, 2.75) is 44.8 Å². The number of ether oxygens (including phenoxy) is 2. The van der Waals surface area contributed by atoms with E-state index in [1.807, 2.05) is 19.1 Å². The van der Waals surface area contributed by atoms with Crippen LogP contribution in [0.1, 0.15) is 31.7 Å². The molecule has 0 saturated carbocycles. The van der Waals surface area contributed by atoms with Crippen molar-refractivity contribution in [1.82, 2.24) is 4.90 Å². The minimum atomic E-state index is -0.608. The van der Waals surface area contributed by atoms with Gasteiger partial charge in [-0.15, -0.1) is 0 Å². The van der Waals surface area contributed by atoms with Crippen LogP contribution in [-0.4, -0.2) is 54.6 Å². The van der Waals surface area contributed by atoms with Crippen molar-refractivity contribution < 1.29 is 14.6 Å². The van der Waals surface area contributed by atoms with Gasteiger partial charge in [0.1, 0.15) is 12.4 Å². The lowest BCUT2D eigenvalue weighted by molar-refractivity contribution is -0.123. The van der Waals surface area contributed by atoms with Gasteiger partial charge in [0, 0.05) is 25.1 Å². The molecule has 2 heterocycles. The Morgan fingerprint density at radius 2 is 2.30 bits per heavy atom. The average Bonchev–Trinajstić information content (AvgIpc) is 2.95. The third kappa shape index (κ3) is 4.06. The lowest BCUT2D eigenvalue weighted by atomic mass is 9.79. The van der Waals surface area contributed by atoms with E-state index < -0.39 is 5.60 Å². The number of benzene rings is 1. The van der Waals surface area contributed by atoms with Gasteiger partial charge in [0.2, 0.25) is 0 Å². The molecule has 2 aliphatic rings. The summed E-state index contributed by atoms with van der Waals surface area (Å²) in [5.74, 6) is 1.14. The zero-order valence-corrected chi connectivity index (χ0v) is 14.3. The first kappa shape index (κ1) is 16.7. The van der Waals surface area contributed by atoms with Crippen LogP contribution in [0.5, 0.6) is 5.75 Å². The molecule has 0 unspecified atom stereocenters. The molecule has 1 N–H and O–H groups in total. The van der Waals surface area contributed by atoms with Crippen LogP contribution >= 0.6 is 0 Å². The van der Waals surface area contributed by atoms with Gasteiger partial charge >= 0.3 is 0 Å². The largest absolute Gasteiger partial charge is 0.492 e. The number of likely N-dealkylation sites (tertiary alicyclic amines) is 1. The summed E-state index contributed by atoms with van der Waals surface area (Å²) in [6, 6.07) is 8.59. The second-order valence-corrected chi connectivity index (χ2v) is 7.20. The van der Waals surface area contributed by atoms with E-state index in [0.717, 1.165) is 31.7 Å². The first-order chi connectivity index (χ1) is 11.1. The Morgan fingerprint density at radius 1 is 1.43 bits per heavy atom. The van der Waals surface area contributed by atoms with E-state index in [9.17, 15) is 5.11 Å². The van der Waals surface area contributed by atoms with Crippen molar-refractivity contribution >= 4 is 0 Å². The lowest BCUT2D eigenvalue weighted by Crippen LogP contribution is -2.53. The maximum atomic E-state index is 10.7. The lowest BCUT2D eigenvalue weighted by Gasteiger charge is -2.43. The summed E-state index contributed by atoms with van der Waals surface area (Å²) in [6.07, 6.45) is 3.08. The van der Waals surface area contributed by atoms with Gasteiger partial charge in [0.15, 0.2) is 0 Å². The van der Waals surface area contributed by atoms with Crippen molar-refractivity contribution in [1.29, 1.82) is 0 Å². The maximum Gasteiger partial charge on any atom is 0.119 e. The number of aliphatic hydroxyl groups is 1. The predicted octanol–water partition coefficient (Wildman–Crippen LogP) is 2.63. The van der Waals surface area contributed by atoms with E-state index in [-0.39, 0.29) is 5.92 Å². The summed E-state index contributed by atoms with van der Waals surface area (Å²) in [4.78, 5) is 2.48. The number of aryl methyl sites for hydroxylation is 1. The van der Waals surface area contributed by atoms with Crippen LogP contribution in [0.2, 0.25) is 0 Å². The van der Waals surface area contributed by atoms with Crippen LogP contribution in [-0.2, 0) is 4.74 Å². The number of rotatable bonds is 5. The summed E-state index contributed by atoms with van der Waals surface area (Å²) in [7, 11) is 0. The molecule has 0 bridgehead atoms. The van der Waals surface area contributed by atoms with Crippen LogP contribution in [0.4, 0.5) is 0 Å². The van der Waals surface area contributed by atoms with Gasteiger partial charge in [-0.25, -0.2) is 0 Å². The highest BCUT2D eigenvalue weighted by Gasteiger charge is 2.43. The van der Waals surface area contributed by atoms with E-state index in [1.54, 1.807) is 0 Å². The number of hydrogen-bond donors (Lipinski definition) is 1. The molecule has 0 aromatic heterocycles. The summed E-state index contributed by atoms with van der Waals surface area (Å²) >= 11 is 0. The average molecular weight is 319 g/mol. The van der Waals surface area contributed by atoms with Gasteiger partial charge in [0.05, 0.1) is 12.2 Å². The molecular weight excluding hydrogens is 290 g/mol. The van der Waals surface area contributed by atoms with E-state index in [2.05, 4.69) is 24.0 Å². The second-order valence-electron chi connectivity index (χ2n) is 7.20. The third-order valence-electron chi connectivity index (χ3n) is 5.36. The van der Waals surface area contributed by atoms with Crippen molar-refractivity contribution in [3.05, 3.63) is 29.8 Å². The van der Waals surface area contributed by atoms with Crippen molar-refractivity contribution in [2.75, 3.05) is 32.9 Å². The Balaban J connectivity index is 1.54. The number of nitrogens with zero attached hydrogens (tertiary/aromatic N) is 1. The van der Waals surface area contributed by atoms with E-state index in [4.69, 9.17) is 9.47 Å². The zero-order valence-electron chi connectivity index (χ0n) is 14.3. The number of hydrogen-bond acceptors (Lipinski definition) is 4. The molecule has 3 atom stereocenters. The molecule has 4 heteroatoms. The van der Waals surface area contributed by atoms with Gasteiger partial charge in [-0.3, -0.25) is 4.90 Å². The molecule has 0 aliphatic carbocycles. The molecule has 2 aliphatic heterocycles. The summed E-state index contributed by atoms with van der Waals surface area (Å²) in [5, 5.41) is 10.7. The highest BCUT2D eigenvalue weighted by molar-refractivity contribution is 5.27. The van der Waals surface area contributed by atoms with Gasteiger partial charge in [-0.1, -0.05) is 12.1 Å². The molecule has 1 aromatic carbocycles. The quantitative estimate of drug-likeness (QED) is 0.906. The summed E-state index contributed by atoms with van der Waals surface area (Å²) in [6.45, 7) is 8.09. The van der Waals surface area contributed by atoms with Crippen LogP contribution in [0.15, 0.2) is 24.3 Å². The Morgan fingerprint density at radius 3 is 3.09 bits per heavy atom. The van der Waals surface area contributed by atoms with Crippen molar-refractivity contribution in [2.24, 2.45) is 5.92 Å². The highest BCUT2D eigenvalue weighted by Crippen LogP contribution is 2.35. The molecule has 3 rings (SSSR count). The third-order valence-corrected chi connectivity index (χ3v) is 5.36. The maximum absolute atomic E-state index is 10.7.